The largest absolute Gasteiger partial charge is 0.492 e. The number of ether oxygens (including phenoxy) is 1. The van der Waals surface area contributed by atoms with Gasteiger partial charge >= 0.3 is 0 Å². The Kier molecular flexibility index (Phi) is 5.08. The van der Waals surface area contributed by atoms with Crippen LogP contribution in [0, 0.1) is 11.3 Å². The molecule has 0 radical (unpaired) electrons. The number of likely N-dealkylation sites (tertiary alicyclic amines) is 1. The van der Waals surface area contributed by atoms with E-state index in [1.54, 1.807) is 18.3 Å². The lowest BCUT2D eigenvalue weighted by Gasteiger charge is -2.24. The summed E-state index contributed by atoms with van der Waals surface area (Å²) in [7, 11) is 4.21. The van der Waals surface area contributed by atoms with Gasteiger partial charge in [-0.3, -0.25) is 4.90 Å². The molecule has 0 spiro atoms. The van der Waals surface area contributed by atoms with E-state index >= 15 is 0 Å². The van der Waals surface area contributed by atoms with E-state index in [1.807, 2.05) is 23.0 Å². The number of nitrogens with zero attached hydrogens (tertiary/aromatic N) is 6. The minimum absolute atomic E-state index is 0.303. The highest BCUT2D eigenvalue weighted by Gasteiger charge is 2.35. The van der Waals surface area contributed by atoms with Crippen molar-refractivity contribution in [2.75, 3.05) is 40.3 Å². The quantitative estimate of drug-likeness (QED) is 0.789. The van der Waals surface area contributed by atoms with Crippen molar-refractivity contribution in [2.24, 2.45) is 0 Å². The Labute approximate surface area is 142 Å². The molecule has 1 aromatic heterocycles. The molecule has 1 aliphatic rings. The first-order chi connectivity index (χ1) is 11.7. The van der Waals surface area contributed by atoms with Gasteiger partial charge in [-0.05, 0) is 38.4 Å². The normalized spacial score (nSPS) is 21.1. The van der Waals surface area contributed by atoms with E-state index in [2.05, 4.69) is 40.3 Å². The average Bonchev–Trinajstić information content (AvgIpc) is 3.24. The summed E-state index contributed by atoms with van der Waals surface area (Å²) in [6.45, 7) is 3.39. The van der Waals surface area contributed by atoms with Crippen molar-refractivity contribution in [3.63, 3.8) is 0 Å². The maximum Gasteiger partial charge on any atom is 0.119 e. The molecule has 0 unspecified atom stereocenters. The van der Waals surface area contributed by atoms with Crippen molar-refractivity contribution in [3.8, 4) is 11.8 Å². The summed E-state index contributed by atoms with van der Waals surface area (Å²) < 4.78 is 7.74. The molecule has 1 aliphatic heterocycles. The summed E-state index contributed by atoms with van der Waals surface area (Å²) in [4.78, 5) is 4.63. The number of likely N-dealkylation sites (N-methyl/N-ethyl adjacent to an activating group) is 1. The second-order valence-corrected chi connectivity index (χ2v) is 6.23. The van der Waals surface area contributed by atoms with Crippen LogP contribution < -0.4 is 4.74 Å². The second kappa shape index (κ2) is 7.43. The molecule has 0 saturated carbocycles. The molecular weight excluding hydrogens is 304 g/mol. The predicted octanol–water partition coefficient (Wildman–Crippen LogP) is 1.02. The van der Waals surface area contributed by atoms with Crippen LogP contribution >= 0.6 is 0 Å². The molecule has 126 valence electrons. The molecule has 1 saturated heterocycles. The standard InChI is InChI=1S/C17H22N6O/c1-21(2)16-12-22(13-17(16)23-8-7-19-20-23)9-10-24-15-5-3-14(11-18)4-6-15/h3-8,16-17H,9-10,12-13H2,1-2H3/t16-,17+/m1/s1. The first-order valence-electron chi connectivity index (χ1n) is 8.05. The van der Waals surface area contributed by atoms with Gasteiger partial charge in [0.2, 0.25) is 0 Å². The SMILES string of the molecule is CN(C)[C@@H]1CN(CCOc2ccc(C#N)cc2)C[C@@H]1n1ccnn1. The Morgan fingerprint density at radius 1 is 1.29 bits per heavy atom. The highest BCUT2D eigenvalue weighted by atomic mass is 16.5. The van der Waals surface area contributed by atoms with Gasteiger partial charge in [0.15, 0.2) is 0 Å². The van der Waals surface area contributed by atoms with Crippen molar-refractivity contribution in [3.05, 3.63) is 42.2 Å². The van der Waals surface area contributed by atoms with Gasteiger partial charge in [-0.25, -0.2) is 4.68 Å². The summed E-state index contributed by atoms with van der Waals surface area (Å²) >= 11 is 0. The number of benzene rings is 1. The van der Waals surface area contributed by atoms with Gasteiger partial charge in [-0.1, -0.05) is 5.21 Å². The second-order valence-electron chi connectivity index (χ2n) is 6.23. The van der Waals surface area contributed by atoms with Gasteiger partial charge in [0.05, 0.1) is 23.9 Å². The minimum Gasteiger partial charge on any atom is -0.492 e. The molecule has 24 heavy (non-hydrogen) atoms. The molecule has 1 aromatic carbocycles. The maximum atomic E-state index is 8.81. The van der Waals surface area contributed by atoms with Crippen molar-refractivity contribution in [2.45, 2.75) is 12.1 Å². The number of hydrogen-bond acceptors (Lipinski definition) is 6. The molecule has 2 atom stereocenters. The summed E-state index contributed by atoms with van der Waals surface area (Å²) in [5.74, 6) is 0.796. The van der Waals surface area contributed by atoms with Crippen molar-refractivity contribution >= 4 is 0 Å². The molecule has 7 heteroatoms. The Morgan fingerprint density at radius 2 is 2.08 bits per heavy atom. The van der Waals surface area contributed by atoms with Gasteiger partial charge < -0.3 is 9.64 Å². The molecule has 7 nitrogen and oxygen atoms in total. The first-order valence-corrected chi connectivity index (χ1v) is 8.05. The van der Waals surface area contributed by atoms with Crippen LogP contribution in [0.1, 0.15) is 11.6 Å². The summed E-state index contributed by atoms with van der Waals surface area (Å²) in [5.41, 5.74) is 0.645. The third-order valence-corrected chi connectivity index (χ3v) is 4.44. The summed E-state index contributed by atoms with van der Waals surface area (Å²) in [6, 6.07) is 10.0. The van der Waals surface area contributed by atoms with Crippen LogP contribution in [0.3, 0.4) is 0 Å². The maximum absolute atomic E-state index is 8.81. The van der Waals surface area contributed by atoms with E-state index in [4.69, 9.17) is 10.00 Å². The number of nitriles is 1. The molecule has 2 heterocycles. The van der Waals surface area contributed by atoms with E-state index in [0.717, 1.165) is 25.4 Å². The van der Waals surface area contributed by atoms with Crippen LogP contribution in [0.25, 0.3) is 0 Å². The van der Waals surface area contributed by atoms with Crippen LogP contribution in [0.5, 0.6) is 5.75 Å². The lowest BCUT2D eigenvalue weighted by Crippen LogP contribution is -2.37. The van der Waals surface area contributed by atoms with Crippen LogP contribution in [0.2, 0.25) is 0 Å². The Bertz CT molecular complexity index is 676. The van der Waals surface area contributed by atoms with E-state index < -0.39 is 0 Å². The summed E-state index contributed by atoms with van der Waals surface area (Å²) in [5, 5.41) is 16.9. The van der Waals surface area contributed by atoms with Gasteiger partial charge in [0.1, 0.15) is 12.4 Å². The molecule has 0 N–H and O–H groups in total. The zero-order valence-corrected chi connectivity index (χ0v) is 14.0. The lowest BCUT2D eigenvalue weighted by atomic mass is 10.1. The first kappa shape index (κ1) is 16.4. The Hall–Kier alpha value is -2.43. The number of rotatable bonds is 6. The minimum atomic E-state index is 0.303. The fourth-order valence-corrected chi connectivity index (χ4v) is 3.11. The zero-order chi connectivity index (χ0) is 16.9. The number of aromatic nitrogens is 3. The Morgan fingerprint density at radius 3 is 2.71 bits per heavy atom. The van der Waals surface area contributed by atoms with Gasteiger partial charge in [-0.2, -0.15) is 5.26 Å². The van der Waals surface area contributed by atoms with Gasteiger partial charge in [0.25, 0.3) is 0 Å². The predicted molar refractivity (Wildman–Crippen MR) is 89.6 cm³/mol. The third-order valence-electron chi connectivity index (χ3n) is 4.44. The van der Waals surface area contributed by atoms with Crippen LogP contribution in [0.4, 0.5) is 0 Å². The monoisotopic (exact) mass is 326 g/mol. The zero-order valence-electron chi connectivity index (χ0n) is 14.0. The lowest BCUT2D eigenvalue weighted by molar-refractivity contribution is 0.219. The van der Waals surface area contributed by atoms with Gasteiger partial charge in [0, 0.05) is 31.9 Å². The molecule has 0 aliphatic carbocycles. The number of hydrogen-bond donors (Lipinski definition) is 0. The smallest absolute Gasteiger partial charge is 0.119 e. The van der Waals surface area contributed by atoms with Crippen molar-refractivity contribution < 1.29 is 4.74 Å². The van der Waals surface area contributed by atoms with Crippen molar-refractivity contribution in [1.82, 2.24) is 24.8 Å². The van der Waals surface area contributed by atoms with Crippen LogP contribution in [-0.4, -0.2) is 71.2 Å². The highest BCUT2D eigenvalue weighted by molar-refractivity contribution is 5.34. The van der Waals surface area contributed by atoms with E-state index in [1.165, 1.54) is 0 Å². The Balaban J connectivity index is 1.53. The van der Waals surface area contributed by atoms with Crippen LogP contribution in [-0.2, 0) is 0 Å². The van der Waals surface area contributed by atoms with E-state index in [9.17, 15) is 0 Å². The molecule has 0 bridgehead atoms. The molecule has 3 rings (SSSR count). The average molecular weight is 326 g/mol. The van der Waals surface area contributed by atoms with E-state index in [0.29, 0.717) is 24.3 Å². The van der Waals surface area contributed by atoms with Gasteiger partial charge in [-0.15, -0.1) is 5.10 Å². The molecule has 2 aromatic rings. The fraction of sp³-hybridized carbons (Fsp3) is 0.471. The molecular formula is C17H22N6O. The van der Waals surface area contributed by atoms with Crippen molar-refractivity contribution in [1.29, 1.82) is 5.26 Å². The summed E-state index contributed by atoms with van der Waals surface area (Å²) in [6.07, 6.45) is 3.65. The van der Waals surface area contributed by atoms with E-state index in [-0.39, 0.29) is 0 Å². The highest BCUT2D eigenvalue weighted by Crippen LogP contribution is 2.24. The topological polar surface area (TPSA) is 70.2 Å². The molecule has 1 fully saturated rings. The fourth-order valence-electron chi connectivity index (χ4n) is 3.11. The van der Waals surface area contributed by atoms with Crippen LogP contribution in [0.15, 0.2) is 36.7 Å². The third kappa shape index (κ3) is 3.72. The molecule has 0 amide bonds.